The fourth-order valence-corrected chi connectivity index (χ4v) is 2.26. The van der Waals surface area contributed by atoms with E-state index >= 15 is 0 Å². The fraction of sp³-hybridized carbons (Fsp3) is 0.250. The van der Waals surface area contributed by atoms with Crippen molar-refractivity contribution in [1.82, 2.24) is 0 Å². The van der Waals surface area contributed by atoms with E-state index in [1.54, 1.807) is 0 Å². The van der Waals surface area contributed by atoms with E-state index in [1.807, 2.05) is 37.3 Å². The van der Waals surface area contributed by atoms with Crippen LogP contribution in [0.5, 0.6) is 0 Å². The van der Waals surface area contributed by atoms with Crippen LogP contribution < -0.4 is 5.32 Å². The molecule has 1 atom stereocenters. The molecule has 0 saturated carbocycles. The van der Waals surface area contributed by atoms with Crippen molar-refractivity contribution in [1.29, 1.82) is 0 Å². The number of rotatable bonds is 4. The Morgan fingerprint density at radius 2 is 1.76 bits per heavy atom. The molecular weight excluding hydrogens is 299 g/mol. The summed E-state index contributed by atoms with van der Waals surface area (Å²) in [6.07, 6.45) is -4.40. The second-order valence-electron chi connectivity index (χ2n) is 4.92. The lowest BCUT2D eigenvalue weighted by atomic mass is 10.0. The Morgan fingerprint density at radius 3 is 2.38 bits per heavy atom. The van der Waals surface area contributed by atoms with Crippen LogP contribution in [0.1, 0.15) is 24.0 Å². The number of anilines is 1. The monoisotopic (exact) mass is 313 g/mol. The van der Waals surface area contributed by atoms with E-state index in [0.29, 0.717) is 12.2 Å². The van der Waals surface area contributed by atoms with E-state index in [4.69, 9.17) is 11.6 Å². The summed E-state index contributed by atoms with van der Waals surface area (Å²) in [4.78, 5) is 0. The molecule has 0 fully saturated rings. The van der Waals surface area contributed by atoms with Gasteiger partial charge in [0.25, 0.3) is 0 Å². The number of hydrogen-bond donors (Lipinski definition) is 1. The van der Waals surface area contributed by atoms with Gasteiger partial charge in [-0.15, -0.1) is 0 Å². The van der Waals surface area contributed by atoms with Crippen LogP contribution in [0.25, 0.3) is 0 Å². The highest BCUT2D eigenvalue weighted by Gasteiger charge is 2.31. The Hall–Kier alpha value is -1.68. The fourth-order valence-electron chi connectivity index (χ4n) is 2.03. The van der Waals surface area contributed by atoms with E-state index in [1.165, 1.54) is 6.07 Å². The number of benzene rings is 2. The van der Waals surface area contributed by atoms with Gasteiger partial charge < -0.3 is 5.32 Å². The Balaban J connectivity index is 2.08. The molecule has 1 nitrogen and oxygen atoms in total. The largest absolute Gasteiger partial charge is 0.416 e. The predicted octanol–water partition coefficient (Wildman–Crippen LogP) is 5.57. The van der Waals surface area contributed by atoms with Gasteiger partial charge in [0.2, 0.25) is 0 Å². The van der Waals surface area contributed by atoms with E-state index in [2.05, 4.69) is 5.32 Å². The molecule has 0 amide bonds. The molecule has 21 heavy (non-hydrogen) atoms. The number of alkyl halides is 3. The standard InChI is InChI=1S/C16H15ClF3N/c1-11(12-5-3-2-4-6-12)10-21-15-8-13(16(18,19)20)7-14(17)9-15/h2-9,11,21H,10H2,1H3. The van der Waals surface area contributed by atoms with Crippen LogP contribution in [0.2, 0.25) is 5.02 Å². The van der Waals surface area contributed by atoms with Gasteiger partial charge in [0.15, 0.2) is 0 Å². The zero-order chi connectivity index (χ0) is 15.5. The van der Waals surface area contributed by atoms with Crippen molar-refractivity contribution in [3.63, 3.8) is 0 Å². The van der Waals surface area contributed by atoms with Crippen molar-refractivity contribution in [2.24, 2.45) is 0 Å². The van der Waals surface area contributed by atoms with Crippen LogP contribution in [0.15, 0.2) is 48.5 Å². The summed E-state index contributed by atoms with van der Waals surface area (Å²) in [6.45, 7) is 2.54. The average Bonchev–Trinajstić information content (AvgIpc) is 2.44. The van der Waals surface area contributed by atoms with Crippen LogP contribution in [0.4, 0.5) is 18.9 Å². The highest BCUT2D eigenvalue weighted by Crippen LogP contribution is 2.33. The minimum Gasteiger partial charge on any atom is -0.384 e. The molecule has 0 heterocycles. The molecule has 5 heteroatoms. The highest BCUT2D eigenvalue weighted by atomic mass is 35.5. The molecule has 0 aromatic heterocycles. The molecule has 2 rings (SSSR count). The Labute approximate surface area is 126 Å². The molecule has 1 unspecified atom stereocenters. The second-order valence-corrected chi connectivity index (χ2v) is 5.36. The number of nitrogens with one attached hydrogen (secondary N) is 1. The zero-order valence-corrected chi connectivity index (χ0v) is 12.2. The highest BCUT2D eigenvalue weighted by molar-refractivity contribution is 6.30. The normalized spacial score (nSPS) is 13.0. The third-order valence-electron chi connectivity index (χ3n) is 3.21. The first-order valence-electron chi connectivity index (χ1n) is 6.53. The molecule has 112 valence electrons. The zero-order valence-electron chi connectivity index (χ0n) is 11.4. The van der Waals surface area contributed by atoms with E-state index in [0.717, 1.165) is 17.7 Å². The minimum absolute atomic E-state index is 0.0692. The van der Waals surface area contributed by atoms with Crippen LogP contribution in [0, 0.1) is 0 Å². The van der Waals surface area contributed by atoms with E-state index in [9.17, 15) is 13.2 Å². The van der Waals surface area contributed by atoms with Gasteiger partial charge in [-0.05, 0) is 29.7 Å². The van der Waals surface area contributed by atoms with E-state index < -0.39 is 11.7 Å². The molecule has 0 aliphatic carbocycles. The SMILES string of the molecule is CC(CNc1cc(Cl)cc(C(F)(F)F)c1)c1ccccc1. The molecular formula is C16H15ClF3N. The van der Waals surface area contributed by atoms with Crippen LogP contribution >= 0.6 is 11.6 Å². The van der Waals surface area contributed by atoms with Crippen molar-refractivity contribution < 1.29 is 13.2 Å². The average molecular weight is 314 g/mol. The lowest BCUT2D eigenvalue weighted by Crippen LogP contribution is -2.11. The third kappa shape index (κ3) is 4.39. The Kier molecular flexibility index (Phi) is 4.78. The number of halogens is 4. The van der Waals surface area contributed by atoms with E-state index in [-0.39, 0.29) is 10.9 Å². The number of hydrogen-bond acceptors (Lipinski definition) is 1. The summed E-state index contributed by atoms with van der Waals surface area (Å²) < 4.78 is 38.2. The molecule has 0 saturated heterocycles. The first-order valence-corrected chi connectivity index (χ1v) is 6.90. The molecule has 0 bridgehead atoms. The van der Waals surface area contributed by atoms with Gasteiger partial charge in [-0.3, -0.25) is 0 Å². The maximum absolute atomic E-state index is 12.7. The van der Waals surface area contributed by atoms with Gasteiger partial charge in [-0.1, -0.05) is 48.9 Å². The molecule has 0 aliphatic rings. The quantitative estimate of drug-likeness (QED) is 0.777. The predicted molar refractivity (Wildman–Crippen MR) is 79.8 cm³/mol. The van der Waals surface area contributed by atoms with Gasteiger partial charge in [-0.2, -0.15) is 13.2 Å². The lowest BCUT2D eigenvalue weighted by molar-refractivity contribution is -0.137. The van der Waals surface area contributed by atoms with Crippen molar-refractivity contribution in [2.45, 2.75) is 19.0 Å². The maximum Gasteiger partial charge on any atom is 0.416 e. The molecule has 0 aliphatic heterocycles. The molecule has 2 aromatic carbocycles. The Morgan fingerprint density at radius 1 is 1.10 bits per heavy atom. The van der Waals surface area contributed by atoms with Crippen LogP contribution in [-0.4, -0.2) is 6.54 Å². The summed E-state index contributed by atoms with van der Waals surface area (Å²) in [5, 5.41) is 3.08. The first kappa shape index (κ1) is 15.7. The van der Waals surface area contributed by atoms with Gasteiger partial charge >= 0.3 is 6.18 Å². The molecule has 0 spiro atoms. The minimum atomic E-state index is -4.40. The smallest absolute Gasteiger partial charge is 0.384 e. The van der Waals surface area contributed by atoms with Crippen LogP contribution in [0.3, 0.4) is 0 Å². The second kappa shape index (κ2) is 6.39. The van der Waals surface area contributed by atoms with Gasteiger partial charge in [-0.25, -0.2) is 0 Å². The Bertz CT molecular complexity index is 596. The summed E-state index contributed by atoms with van der Waals surface area (Å²) in [5.74, 6) is 0.180. The third-order valence-corrected chi connectivity index (χ3v) is 3.42. The van der Waals surface area contributed by atoms with Crippen molar-refractivity contribution >= 4 is 17.3 Å². The van der Waals surface area contributed by atoms with Crippen molar-refractivity contribution in [2.75, 3.05) is 11.9 Å². The van der Waals surface area contributed by atoms with Gasteiger partial charge in [0.1, 0.15) is 0 Å². The summed E-state index contributed by atoms with van der Waals surface area (Å²) in [7, 11) is 0. The molecule has 0 radical (unpaired) electrons. The molecule has 2 aromatic rings. The maximum atomic E-state index is 12.7. The lowest BCUT2D eigenvalue weighted by Gasteiger charge is -2.15. The van der Waals surface area contributed by atoms with Crippen molar-refractivity contribution in [3.05, 3.63) is 64.7 Å². The van der Waals surface area contributed by atoms with Crippen molar-refractivity contribution in [3.8, 4) is 0 Å². The van der Waals surface area contributed by atoms with Gasteiger partial charge in [0, 0.05) is 17.3 Å². The molecule has 1 N–H and O–H groups in total. The summed E-state index contributed by atoms with van der Waals surface area (Å²) >= 11 is 5.75. The topological polar surface area (TPSA) is 12.0 Å². The first-order chi connectivity index (χ1) is 9.86. The summed E-state index contributed by atoms with van der Waals surface area (Å²) in [5.41, 5.74) is 0.755. The summed E-state index contributed by atoms with van der Waals surface area (Å²) in [6, 6.07) is 13.3. The van der Waals surface area contributed by atoms with Crippen LogP contribution in [-0.2, 0) is 6.18 Å². The van der Waals surface area contributed by atoms with Gasteiger partial charge in [0.05, 0.1) is 5.56 Å².